The fourth-order valence-electron chi connectivity index (χ4n) is 4.13. The number of carbonyl (C=O) groups is 1. The van der Waals surface area contributed by atoms with Crippen LogP contribution in [0.15, 0.2) is 42.7 Å². The number of aromatic nitrogens is 2. The van der Waals surface area contributed by atoms with Crippen LogP contribution in [0.25, 0.3) is 0 Å². The lowest BCUT2D eigenvalue weighted by Crippen LogP contribution is -2.49. The number of piperazine rings is 1. The number of ether oxygens (including phenoxy) is 2. The third-order valence-corrected chi connectivity index (χ3v) is 6.81. The highest BCUT2D eigenvalue weighted by Gasteiger charge is 2.23. The van der Waals surface area contributed by atoms with E-state index in [2.05, 4.69) is 14.9 Å². The standard InChI is InChI=1S/C26H27Cl2FN6O3/c1-3-37-26(36)35-10-8-34(9-11-35)21-7-4-16(13-32-21)24(31)18-12-17(5-6-20(18)30)38-15(2)22-19(27)14-33-25(29)23(22)28/h4-7,12-15,31H,3,8-11,30H2,1-2H3/t15-/m0/s1. The molecule has 3 N–H and O–H groups in total. The Hall–Kier alpha value is -3.63. The maximum Gasteiger partial charge on any atom is 0.409 e. The van der Waals surface area contributed by atoms with E-state index >= 15 is 0 Å². The molecule has 1 saturated heterocycles. The number of amides is 1. The van der Waals surface area contributed by atoms with Gasteiger partial charge in [0.1, 0.15) is 22.7 Å². The van der Waals surface area contributed by atoms with Crippen LogP contribution in [-0.4, -0.2) is 59.5 Å². The third-order valence-electron chi connectivity index (χ3n) is 6.15. The van der Waals surface area contributed by atoms with Crippen LogP contribution >= 0.6 is 23.2 Å². The van der Waals surface area contributed by atoms with E-state index in [-0.39, 0.29) is 27.4 Å². The summed E-state index contributed by atoms with van der Waals surface area (Å²) in [6.45, 7) is 6.16. The van der Waals surface area contributed by atoms with E-state index in [1.54, 1.807) is 49.2 Å². The lowest BCUT2D eigenvalue weighted by Gasteiger charge is -2.34. The van der Waals surface area contributed by atoms with Gasteiger partial charge in [-0.1, -0.05) is 23.2 Å². The van der Waals surface area contributed by atoms with Crippen LogP contribution in [0.1, 0.15) is 36.6 Å². The third kappa shape index (κ3) is 5.92. The molecule has 0 radical (unpaired) electrons. The van der Waals surface area contributed by atoms with Gasteiger partial charge >= 0.3 is 6.09 Å². The van der Waals surface area contributed by atoms with Crippen molar-refractivity contribution in [2.24, 2.45) is 0 Å². The van der Waals surface area contributed by atoms with Crippen LogP contribution < -0.4 is 15.4 Å². The SMILES string of the molecule is CCOC(=O)N1CCN(c2ccc(C(=N)c3cc(O[C@@H](C)c4c(Cl)cnc(F)c4Cl)ccc3N)cn2)CC1. The summed E-state index contributed by atoms with van der Waals surface area (Å²) in [7, 11) is 0. The Morgan fingerprint density at radius 3 is 2.55 bits per heavy atom. The summed E-state index contributed by atoms with van der Waals surface area (Å²) >= 11 is 12.2. The van der Waals surface area contributed by atoms with Gasteiger partial charge in [0.05, 0.1) is 17.3 Å². The number of nitrogens with two attached hydrogens (primary N) is 1. The van der Waals surface area contributed by atoms with Crippen molar-refractivity contribution in [2.45, 2.75) is 20.0 Å². The first-order chi connectivity index (χ1) is 18.2. The van der Waals surface area contributed by atoms with Gasteiger partial charge in [-0.05, 0) is 44.2 Å². The molecule has 1 aliphatic rings. The Labute approximate surface area is 229 Å². The molecule has 0 aliphatic carbocycles. The number of hydrogen-bond donors (Lipinski definition) is 2. The second-order valence-electron chi connectivity index (χ2n) is 8.59. The van der Waals surface area contributed by atoms with Gasteiger partial charge in [-0.2, -0.15) is 4.39 Å². The van der Waals surface area contributed by atoms with Crippen molar-refractivity contribution in [3.8, 4) is 5.75 Å². The highest BCUT2D eigenvalue weighted by atomic mass is 35.5. The summed E-state index contributed by atoms with van der Waals surface area (Å²) in [6.07, 6.45) is 1.80. The van der Waals surface area contributed by atoms with Gasteiger partial charge in [-0.3, -0.25) is 5.41 Å². The Balaban J connectivity index is 1.46. The number of carbonyl (C=O) groups excluding carboxylic acids is 1. The zero-order valence-corrected chi connectivity index (χ0v) is 22.4. The molecule has 1 amide bonds. The van der Waals surface area contributed by atoms with Crippen molar-refractivity contribution >= 4 is 46.5 Å². The molecule has 1 aliphatic heterocycles. The molecular formula is C26H27Cl2FN6O3. The lowest BCUT2D eigenvalue weighted by atomic mass is 10.0. The molecule has 0 saturated carbocycles. The first kappa shape index (κ1) is 27.4. The molecule has 4 rings (SSSR count). The monoisotopic (exact) mass is 560 g/mol. The Morgan fingerprint density at radius 2 is 1.89 bits per heavy atom. The zero-order valence-electron chi connectivity index (χ0n) is 20.9. The van der Waals surface area contributed by atoms with Crippen LogP contribution in [-0.2, 0) is 4.74 Å². The van der Waals surface area contributed by atoms with Crippen molar-refractivity contribution in [3.05, 3.63) is 75.4 Å². The summed E-state index contributed by atoms with van der Waals surface area (Å²) in [6, 6.07) is 8.56. The van der Waals surface area contributed by atoms with E-state index in [0.29, 0.717) is 55.3 Å². The van der Waals surface area contributed by atoms with Crippen LogP contribution in [0, 0.1) is 11.4 Å². The van der Waals surface area contributed by atoms with Gasteiger partial charge in [0.2, 0.25) is 5.95 Å². The fraction of sp³-hybridized carbons (Fsp3) is 0.308. The normalized spacial score (nSPS) is 14.2. The van der Waals surface area contributed by atoms with Gasteiger partial charge in [0, 0.05) is 61.0 Å². The van der Waals surface area contributed by atoms with Crippen LogP contribution in [0.4, 0.5) is 20.7 Å². The summed E-state index contributed by atoms with van der Waals surface area (Å²) < 4.78 is 24.9. The van der Waals surface area contributed by atoms with Gasteiger partial charge in [-0.25, -0.2) is 14.8 Å². The largest absolute Gasteiger partial charge is 0.486 e. The number of benzene rings is 1. The Bertz CT molecular complexity index is 1330. The van der Waals surface area contributed by atoms with Gasteiger partial charge in [0.25, 0.3) is 0 Å². The topological polar surface area (TPSA) is 118 Å². The molecule has 0 spiro atoms. The molecule has 200 valence electrons. The molecule has 1 fully saturated rings. The molecule has 38 heavy (non-hydrogen) atoms. The molecule has 12 heteroatoms. The highest BCUT2D eigenvalue weighted by molar-refractivity contribution is 6.35. The first-order valence-electron chi connectivity index (χ1n) is 12.0. The predicted molar refractivity (Wildman–Crippen MR) is 145 cm³/mol. The second kappa shape index (κ2) is 11.8. The average Bonchev–Trinajstić information content (AvgIpc) is 2.92. The van der Waals surface area contributed by atoms with Crippen molar-refractivity contribution in [3.63, 3.8) is 0 Å². The number of nitrogens with one attached hydrogen (secondary N) is 1. The Morgan fingerprint density at radius 1 is 1.16 bits per heavy atom. The van der Waals surface area contributed by atoms with E-state index in [9.17, 15) is 9.18 Å². The van der Waals surface area contributed by atoms with Crippen LogP contribution in [0.5, 0.6) is 5.75 Å². The number of pyridine rings is 2. The van der Waals surface area contributed by atoms with E-state index < -0.39 is 12.1 Å². The number of nitrogens with zero attached hydrogens (tertiary/aromatic N) is 4. The maximum absolute atomic E-state index is 13.9. The quantitative estimate of drug-likeness (QED) is 0.227. The number of halogens is 3. The van der Waals surface area contributed by atoms with E-state index in [1.807, 2.05) is 6.07 Å². The minimum atomic E-state index is -0.835. The molecule has 0 bridgehead atoms. The average molecular weight is 561 g/mol. The summed E-state index contributed by atoms with van der Waals surface area (Å²) in [5.74, 6) is 0.320. The van der Waals surface area contributed by atoms with Crippen LogP contribution in [0.3, 0.4) is 0 Å². The lowest BCUT2D eigenvalue weighted by molar-refractivity contribution is 0.105. The molecule has 3 aromatic rings. The minimum Gasteiger partial charge on any atom is -0.486 e. The zero-order chi connectivity index (χ0) is 27.4. The molecule has 3 heterocycles. The number of anilines is 2. The van der Waals surface area contributed by atoms with Gasteiger partial charge < -0.3 is 25.0 Å². The van der Waals surface area contributed by atoms with E-state index in [4.69, 9.17) is 43.8 Å². The first-order valence-corrected chi connectivity index (χ1v) is 12.7. The molecule has 1 aromatic carbocycles. The fourth-order valence-corrected chi connectivity index (χ4v) is 4.78. The highest BCUT2D eigenvalue weighted by Crippen LogP contribution is 2.34. The second-order valence-corrected chi connectivity index (χ2v) is 9.37. The minimum absolute atomic E-state index is 0.165. The number of hydrogen-bond acceptors (Lipinski definition) is 8. The van der Waals surface area contributed by atoms with Crippen molar-refractivity contribution in [2.75, 3.05) is 43.4 Å². The Kier molecular flexibility index (Phi) is 8.53. The molecule has 0 unspecified atom stereocenters. The molecule has 1 atom stereocenters. The van der Waals surface area contributed by atoms with E-state index in [0.717, 1.165) is 5.82 Å². The van der Waals surface area contributed by atoms with Crippen LogP contribution in [0.2, 0.25) is 10.0 Å². The number of rotatable bonds is 7. The van der Waals surface area contributed by atoms with Crippen molar-refractivity contribution in [1.29, 1.82) is 5.41 Å². The number of nitrogen functional groups attached to an aromatic ring is 1. The van der Waals surface area contributed by atoms with Gasteiger partial charge in [0.15, 0.2) is 0 Å². The molecule has 9 nitrogen and oxygen atoms in total. The summed E-state index contributed by atoms with van der Waals surface area (Å²) in [5, 5.41) is 8.71. The van der Waals surface area contributed by atoms with Gasteiger partial charge in [-0.15, -0.1) is 0 Å². The smallest absolute Gasteiger partial charge is 0.409 e. The molecular weight excluding hydrogens is 534 g/mol. The van der Waals surface area contributed by atoms with E-state index in [1.165, 1.54) is 6.20 Å². The predicted octanol–water partition coefficient (Wildman–Crippen LogP) is 5.34. The van der Waals surface area contributed by atoms with Crippen molar-refractivity contribution < 1.29 is 18.7 Å². The van der Waals surface area contributed by atoms with Crippen molar-refractivity contribution in [1.82, 2.24) is 14.9 Å². The molecule has 2 aromatic heterocycles. The maximum atomic E-state index is 13.9. The summed E-state index contributed by atoms with van der Waals surface area (Å²) in [4.78, 5) is 23.7. The summed E-state index contributed by atoms with van der Waals surface area (Å²) in [5.41, 5.74) is 8.02.